The number of amides is 1. The highest BCUT2D eigenvalue weighted by molar-refractivity contribution is 5.84. The molecule has 0 bridgehead atoms. The van der Waals surface area contributed by atoms with E-state index >= 15 is 0 Å². The molecule has 1 aromatic heterocycles. The van der Waals surface area contributed by atoms with Gasteiger partial charge in [0.15, 0.2) is 0 Å². The molecule has 31 heavy (non-hydrogen) atoms. The number of hydrogen-bond acceptors (Lipinski definition) is 6. The molecule has 0 aliphatic carbocycles. The zero-order chi connectivity index (χ0) is 21.8. The van der Waals surface area contributed by atoms with Crippen molar-refractivity contribution >= 4 is 28.7 Å². The van der Waals surface area contributed by atoms with E-state index in [1.165, 1.54) is 0 Å². The van der Waals surface area contributed by atoms with Crippen LogP contribution in [0.2, 0.25) is 0 Å². The molecule has 7 heteroatoms. The maximum absolute atomic E-state index is 12.8. The third kappa shape index (κ3) is 4.82. The number of aromatic nitrogens is 1. The molecule has 0 N–H and O–H groups in total. The highest BCUT2D eigenvalue weighted by Gasteiger charge is 2.30. The van der Waals surface area contributed by atoms with Crippen molar-refractivity contribution in [3.8, 4) is 5.75 Å². The highest BCUT2D eigenvalue weighted by Crippen LogP contribution is 2.27. The number of nitrogens with zero attached hydrogens (tertiary/aromatic N) is 5. The van der Waals surface area contributed by atoms with Crippen LogP contribution in [0.3, 0.4) is 0 Å². The van der Waals surface area contributed by atoms with Gasteiger partial charge < -0.3 is 14.5 Å². The molecule has 0 saturated carbocycles. The van der Waals surface area contributed by atoms with E-state index in [9.17, 15) is 4.79 Å². The number of fused-ring (bicyclic) bond motifs is 1. The second kappa shape index (κ2) is 9.64. The number of benzene rings is 1. The number of ether oxygens (including phenoxy) is 1. The van der Waals surface area contributed by atoms with Gasteiger partial charge in [-0.1, -0.05) is 0 Å². The van der Waals surface area contributed by atoms with Gasteiger partial charge in [0, 0.05) is 51.4 Å². The Hall–Kier alpha value is -2.67. The minimum atomic E-state index is 0.181. The highest BCUT2D eigenvalue weighted by atomic mass is 16.5. The van der Waals surface area contributed by atoms with Gasteiger partial charge in [-0.2, -0.15) is 0 Å². The van der Waals surface area contributed by atoms with E-state index in [4.69, 9.17) is 4.74 Å². The Bertz CT molecular complexity index is 939. The summed E-state index contributed by atoms with van der Waals surface area (Å²) < 4.78 is 5.35. The molecule has 4 rings (SSSR count). The van der Waals surface area contributed by atoms with Crippen LogP contribution >= 0.6 is 0 Å². The van der Waals surface area contributed by atoms with Gasteiger partial charge in [0.05, 0.1) is 37.1 Å². The summed E-state index contributed by atoms with van der Waals surface area (Å²) in [5.74, 6) is 1.08. The second-order valence-corrected chi connectivity index (χ2v) is 8.57. The fraction of sp³-hybridized carbons (Fsp3) is 0.542. The Kier molecular flexibility index (Phi) is 6.70. The number of likely N-dealkylation sites (tertiary alicyclic amines) is 2. The molecule has 1 aromatic carbocycles. The maximum Gasteiger partial charge on any atom is 0.237 e. The summed E-state index contributed by atoms with van der Waals surface area (Å²) in [6.45, 7) is 3.25. The Balaban J connectivity index is 1.34. The number of carbonyl (C=O) groups excluding carboxylic acids is 1. The molecular weight excluding hydrogens is 390 g/mol. The normalized spacial score (nSPS) is 20.6. The summed E-state index contributed by atoms with van der Waals surface area (Å²) in [6.07, 6.45) is 8.05. The van der Waals surface area contributed by atoms with E-state index in [0.29, 0.717) is 12.6 Å². The van der Waals surface area contributed by atoms with Crippen LogP contribution in [0.1, 0.15) is 25.7 Å². The first-order valence-corrected chi connectivity index (χ1v) is 11.2. The number of methoxy groups -OCH3 is 1. The molecule has 0 spiro atoms. The van der Waals surface area contributed by atoms with Crippen LogP contribution in [0, 0.1) is 0 Å². The van der Waals surface area contributed by atoms with Crippen molar-refractivity contribution in [3.63, 3.8) is 0 Å². The van der Waals surface area contributed by atoms with Gasteiger partial charge in [-0.3, -0.25) is 19.7 Å². The van der Waals surface area contributed by atoms with Crippen LogP contribution in [-0.4, -0.2) is 86.4 Å². The van der Waals surface area contributed by atoms with Crippen molar-refractivity contribution in [1.29, 1.82) is 0 Å². The molecular formula is C24H33N5O2. The molecule has 1 amide bonds. The second-order valence-electron chi connectivity index (χ2n) is 8.57. The molecule has 2 fully saturated rings. The first kappa shape index (κ1) is 21.6. The molecule has 2 aliphatic heterocycles. The molecule has 2 saturated heterocycles. The summed E-state index contributed by atoms with van der Waals surface area (Å²) in [6, 6.07) is 8.77. The minimum absolute atomic E-state index is 0.181. The van der Waals surface area contributed by atoms with Gasteiger partial charge in [0.1, 0.15) is 5.75 Å². The van der Waals surface area contributed by atoms with Gasteiger partial charge in [-0.25, -0.2) is 0 Å². The molecule has 0 radical (unpaired) electrons. The van der Waals surface area contributed by atoms with Crippen LogP contribution < -0.4 is 9.64 Å². The minimum Gasteiger partial charge on any atom is -0.497 e. The number of hydrogen-bond donors (Lipinski definition) is 0. The first-order valence-electron chi connectivity index (χ1n) is 11.2. The number of aliphatic imine (C=N–C) groups is 1. The van der Waals surface area contributed by atoms with Crippen LogP contribution in [0.25, 0.3) is 10.9 Å². The number of rotatable bonds is 6. The van der Waals surface area contributed by atoms with E-state index in [0.717, 1.165) is 67.7 Å². The first-order chi connectivity index (χ1) is 15.1. The quantitative estimate of drug-likeness (QED) is 0.669. The summed E-state index contributed by atoms with van der Waals surface area (Å²) in [7, 11) is 5.61. The van der Waals surface area contributed by atoms with Gasteiger partial charge in [0.2, 0.25) is 5.91 Å². The lowest BCUT2D eigenvalue weighted by atomic mass is 10.0. The average Bonchev–Trinajstić information content (AvgIpc) is 3.27. The van der Waals surface area contributed by atoms with Crippen LogP contribution in [0.15, 0.2) is 35.5 Å². The van der Waals surface area contributed by atoms with Crippen LogP contribution in [0.5, 0.6) is 5.75 Å². The monoisotopic (exact) mass is 423 g/mol. The Morgan fingerprint density at radius 2 is 2.06 bits per heavy atom. The molecule has 2 aromatic rings. The number of piperidine rings is 1. The summed E-state index contributed by atoms with van der Waals surface area (Å²) in [5.41, 5.74) is 2.09. The number of pyridine rings is 1. The fourth-order valence-electron chi connectivity index (χ4n) is 4.80. The molecule has 1 atom stereocenters. The summed E-state index contributed by atoms with van der Waals surface area (Å²) >= 11 is 0. The Morgan fingerprint density at radius 3 is 2.81 bits per heavy atom. The Labute approximate surface area is 184 Å². The average molecular weight is 424 g/mol. The lowest BCUT2D eigenvalue weighted by Crippen LogP contribution is -2.48. The zero-order valence-corrected chi connectivity index (χ0v) is 18.8. The van der Waals surface area contributed by atoms with Gasteiger partial charge in [-0.05, 0) is 49.9 Å². The molecule has 2 aliphatic rings. The van der Waals surface area contributed by atoms with E-state index in [2.05, 4.69) is 32.9 Å². The standard InChI is InChI=1S/C24H33N5O2/c1-25-15-20-5-4-10-29(20)24(30)17-28-11-8-19(9-12-28)27(2)21-13-18-14-22(31-3)6-7-23(18)26-16-21/h6-7,13-16,19-20H,4-5,8-12,17H2,1-3H3/t20-/m0/s1. The van der Waals surface area contributed by atoms with Crippen LogP contribution in [-0.2, 0) is 4.79 Å². The van der Waals surface area contributed by atoms with E-state index < -0.39 is 0 Å². The topological polar surface area (TPSA) is 61.3 Å². The zero-order valence-electron chi connectivity index (χ0n) is 18.8. The van der Waals surface area contributed by atoms with E-state index in [-0.39, 0.29) is 11.9 Å². The predicted octanol–water partition coefficient (Wildman–Crippen LogP) is 2.84. The molecule has 3 heterocycles. The van der Waals surface area contributed by atoms with Gasteiger partial charge in [0.25, 0.3) is 0 Å². The van der Waals surface area contributed by atoms with Crippen molar-refractivity contribution in [2.75, 3.05) is 52.3 Å². The van der Waals surface area contributed by atoms with E-state index in [1.807, 2.05) is 35.5 Å². The largest absolute Gasteiger partial charge is 0.497 e. The summed E-state index contributed by atoms with van der Waals surface area (Å²) in [5, 5.41) is 1.09. The van der Waals surface area contributed by atoms with Crippen molar-refractivity contribution < 1.29 is 9.53 Å². The fourth-order valence-corrected chi connectivity index (χ4v) is 4.80. The van der Waals surface area contributed by atoms with Crippen molar-refractivity contribution in [3.05, 3.63) is 30.5 Å². The SMILES string of the molecule is CN=C[C@@H]1CCCN1C(=O)CN1CCC(N(C)c2cnc3ccc(OC)cc3c2)CC1. The Morgan fingerprint density at radius 1 is 1.26 bits per heavy atom. The predicted molar refractivity (Wildman–Crippen MR) is 125 cm³/mol. The van der Waals surface area contributed by atoms with Crippen molar-refractivity contribution in [1.82, 2.24) is 14.8 Å². The molecule has 166 valence electrons. The van der Waals surface area contributed by atoms with Crippen LogP contribution in [0.4, 0.5) is 5.69 Å². The third-order valence-corrected chi connectivity index (χ3v) is 6.69. The molecule has 0 unspecified atom stereocenters. The summed E-state index contributed by atoms with van der Waals surface area (Å²) in [4.78, 5) is 28.2. The number of carbonyl (C=O) groups is 1. The smallest absolute Gasteiger partial charge is 0.237 e. The maximum atomic E-state index is 12.8. The lowest BCUT2D eigenvalue weighted by Gasteiger charge is -2.38. The van der Waals surface area contributed by atoms with Crippen molar-refractivity contribution in [2.45, 2.75) is 37.8 Å². The lowest BCUT2D eigenvalue weighted by molar-refractivity contribution is -0.132. The number of anilines is 1. The third-order valence-electron chi connectivity index (χ3n) is 6.69. The van der Waals surface area contributed by atoms with E-state index in [1.54, 1.807) is 14.2 Å². The van der Waals surface area contributed by atoms with Crippen molar-refractivity contribution in [2.24, 2.45) is 4.99 Å². The van der Waals surface area contributed by atoms with Gasteiger partial charge >= 0.3 is 0 Å². The van der Waals surface area contributed by atoms with Gasteiger partial charge in [-0.15, -0.1) is 0 Å². The molecule has 7 nitrogen and oxygen atoms in total.